The first kappa shape index (κ1) is 16.0. The fraction of sp³-hybridized carbons (Fsp3) is 0.412. The van der Waals surface area contributed by atoms with Gasteiger partial charge >= 0.3 is 0 Å². The zero-order valence-corrected chi connectivity index (χ0v) is 13.9. The zero-order valence-electron chi connectivity index (χ0n) is 13.1. The number of amides is 1. The molecule has 1 N–H and O–H groups in total. The Kier molecular flexibility index (Phi) is 5.25. The molecule has 2 heterocycles. The van der Waals surface area contributed by atoms with Gasteiger partial charge in [0.05, 0.1) is 6.10 Å². The van der Waals surface area contributed by atoms with Crippen LogP contribution in [0.15, 0.2) is 29.6 Å². The number of thiazole rings is 1. The highest BCUT2D eigenvalue weighted by atomic mass is 32.1. The molecule has 0 bridgehead atoms. The van der Waals surface area contributed by atoms with Crippen molar-refractivity contribution in [3.8, 4) is 5.75 Å². The van der Waals surface area contributed by atoms with Crippen LogP contribution in [0, 0.1) is 6.92 Å². The van der Waals surface area contributed by atoms with Crippen LogP contribution in [0.5, 0.6) is 5.75 Å². The lowest BCUT2D eigenvalue weighted by molar-refractivity contribution is 0.0854. The second-order valence-electron chi connectivity index (χ2n) is 5.57. The maximum absolute atomic E-state index is 12.1. The van der Waals surface area contributed by atoms with Gasteiger partial charge < -0.3 is 14.8 Å². The van der Waals surface area contributed by atoms with E-state index in [4.69, 9.17) is 9.47 Å². The first-order chi connectivity index (χ1) is 11.2. The molecule has 0 aliphatic carbocycles. The summed E-state index contributed by atoms with van der Waals surface area (Å²) in [5.74, 6) is 0.647. The van der Waals surface area contributed by atoms with Gasteiger partial charge in [-0.2, -0.15) is 0 Å². The third-order valence-corrected chi connectivity index (χ3v) is 4.50. The smallest absolute Gasteiger partial charge is 0.270 e. The Morgan fingerprint density at radius 1 is 1.43 bits per heavy atom. The Hall–Kier alpha value is -1.92. The van der Waals surface area contributed by atoms with Gasteiger partial charge in [-0.05, 0) is 31.9 Å². The molecular formula is C17H20N2O3S. The van der Waals surface area contributed by atoms with Crippen molar-refractivity contribution < 1.29 is 14.3 Å². The highest BCUT2D eigenvalue weighted by Gasteiger charge is 2.17. The molecule has 1 fully saturated rings. The largest absolute Gasteiger partial charge is 0.486 e. The van der Waals surface area contributed by atoms with Crippen molar-refractivity contribution in [2.75, 3.05) is 13.2 Å². The topological polar surface area (TPSA) is 60.5 Å². The molecular weight excluding hydrogens is 312 g/mol. The van der Waals surface area contributed by atoms with E-state index in [0.29, 0.717) is 18.8 Å². The number of rotatable bonds is 6. The van der Waals surface area contributed by atoms with Gasteiger partial charge in [0, 0.05) is 18.5 Å². The van der Waals surface area contributed by atoms with Gasteiger partial charge in [-0.1, -0.05) is 17.7 Å². The van der Waals surface area contributed by atoms with Crippen molar-refractivity contribution in [1.29, 1.82) is 0 Å². The number of carbonyl (C=O) groups excluding carboxylic acids is 1. The van der Waals surface area contributed by atoms with Crippen molar-refractivity contribution in [2.45, 2.75) is 32.5 Å². The standard InChI is InChI=1S/C17H20N2O3S/c1-12-4-6-13(7-5-12)22-10-16-19-15(11-23-16)17(20)18-9-14-3-2-8-21-14/h4-7,11,14H,2-3,8-10H2,1H3,(H,18,20). The van der Waals surface area contributed by atoms with Crippen molar-refractivity contribution in [2.24, 2.45) is 0 Å². The average Bonchev–Trinajstić information content (AvgIpc) is 3.24. The van der Waals surface area contributed by atoms with Crippen LogP contribution in [0.25, 0.3) is 0 Å². The lowest BCUT2D eigenvalue weighted by Crippen LogP contribution is -2.31. The van der Waals surface area contributed by atoms with Crippen molar-refractivity contribution in [1.82, 2.24) is 10.3 Å². The Balaban J connectivity index is 1.48. The number of hydrogen-bond acceptors (Lipinski definition) is 5. The molecule has 2 aromatic rings. The Morgan fingerprint density at radius 3 is 3.00 bits per heavy atom. The van der Waals surface area contributed by atoms with Crippen LogP contribution in [-0.4, -0.2) is 30.1 Å². The third kappa shape index (κ3) is 4.53. The van der Waals surface area contributed by atoms with Gasteiger partial charge in [0.15, 0.2) is 0 Å². The molecule has 1 amide bonds. The molecule has 3 rings (SSSR count). The summed E-state index contributed by atoms with van der Waals surface area (Å²) in [4.78, 5) is 16.4. The van der Waals surface area contributed by atoms with Gasteiger partial charge in [0.25, 0.3) is 5.91 Å². The molecule has 1 saturated heterocycles. The van der Waals surface area contributed by atoms with Gasteiger partial charge in [-0.3, -0.25) is 4.79 Å². The summed E-state index contributed by atoms with van der Waals surface area (Å²) in [6.07, 6.45) is 2.21. The van der Waals surface area contributed by atoms with Crippen molar-refractivity contribution in [3.05, 3.63) is 45.9 Å². The summed E-state index contributed by atoms with van der Waals surface area (Å²) in [5, 5.41) is 5.42. The molecule has 0 spiro atoms. The summed E-state index contributed by atoms with van der Waals surface area (Å²) in [5.41, 5.74) is 1.63. The average molecular weight is 332 g/mol. The van der Waals surface area contributed by atoms with Gasteiger partial charge in [-0.15, -0.1) is 11.3 Å². The minimum atomic E-state index is -0.154. The number of nitrogens with zero attached hydrogens (tertiary/aromatic N) is 1. The maximum Gasteiger partial charge on any atom is 0.270 e. The maximum atomic E-state index is 12.1. The van der Waals surface area contributed by atoms with E-state index in [0.717, 1.165) is 30.2 Å². The summed E-state index contributed by atoms with van der Waals surface area (Å²) < 4.78 is 11.2. The highest BCUT2D eigenvalue weighted by Crippen LogP contribution is 2.16. The molecule has 0 radical (unpaired) electrons. The van der Waals surface area contributed by atoms with E-state index in [-0.39, 0.29) is 12.0 Å². The van der Waals surface area contributed by atoms with E-state index in [1.807, 2.05) is 31.2 Å². The molecule has 1 aliphatic heterocycles. The molecule has 1 unspecified atom stereocenters. The van der Waals surface area contributed by atoms with Crippen LogP contribution < -0.4 is 10.1 Å². The Bertz CT molecular complexity index is 648. The quantitative estimate of drug-likeness (QED) is 0.883. The van der Waals surface area contributed by atoms with E-state index in [9.17, 15) is 4.79 Å². The van der Waals surface area contributed by atoms with Crippen LogP contribution in [0.4, 0.5) is 0 Å². The fourth-order valence-corrected chi connectivity index (χ4v) is 3.05. The van der Waals surface area contributed by atoms with Crippen LogP contribution in [0.3, 0.4) is 0 Å². The molecule has 1 aliphatic rings. The SMILES string of the molecule is Cc1ccc(OCc2nc(C(=O)NCC3CCCO3)cs2)cc1. The molecule has 1 aromatic carbocycles. The zero-order chi connectivity index (χ0) is 16.1. The van der Waals surface area contributed by atoms with Crippen LogP contribution in [0.1, 0.15) is 33.9 Å². The summed E-state index contributed by atoms with van der Waals surface area (Å²) in [6.45, 7) is 3.74. The summed E-state index contributed by atoms with van der Waals surface area (Å²) in [6, 6.07) is 7.86. The van der Waals surface area contributed by atoms with E-state index in [2.05, 4.69) is 10.3 Å². The number of hydrogen-bond donors (Lipinski definition) is 1. The number of carbonyl (C=O) groups is 1. The van der Waals surface area contributed by atoms with Gasteiger partial charge in [0.1, 0.15) is 23.1 Å². The number of aromatic nitrogens is 1. The first-order valence-corrected chi connectivity index (χ1v) is 8.62. The lowest BCUT2D eigenvalue weighted by Gasteiger charge is -2.09. The predicted octanol–water partition coefficient (Wildman–Crippen LogP) is 2.94. The van der Waals surface area contributed by atoms with E-state index >= 15 is 0 Å². The van der Waals surface area contributed by atoms with Gasteiger partial charge in [0.2, 0.25) is 0 Å². The van der Waals surface area contributed by atoms with E-state index < -0.39 is 0 Å². The normalized spacial score (nSPS) is 17.2. The fourth-order valence-electron chi connectivity index (χ4n) is 2.36. The first-order valence-electron chi connectivity index (χ1n) is 7.74. The van der Waals surface area contributed by atoms with E-state index in [1.54, 1.807) is 5.38 Å². The second kappa shape index (κ2) is 7.57. The minimum Gasteiger partial charge on any atom is -0.486 e. The van der Waals surface area contributed by atoms with Crippen LogP contribution in [0.2, 0.25) is 0 Å². The lowest BCUT2D eigenvalue weighted by atomic mass is 10.2. The second-order valence-corrected chi connectivity index (χ2v) is 6.52. The number of ether oxygens (including phenoxy) is 2. The highest BCUT2D eigenvalue weighted by molar-refractivity contribution is 7.09. The molecule has 23 heavy (non-hydrogen) atoms. The van der Waals surface area contributed by atoms with Crippen molar-refractivity contribution in [3.63, 3.8) is 0 Å². The van der Waals surface area contributed by atoms with Crippen LogP contribution in [-0.2, 0) is 11.3 Å². The monoisotopic (exact) mass is 332 g/mol. The van der Waals surface area contributed by atoms with Crippen molar-refractivity contribution >= 4 is 17.2 Å². The molecule has 0 saturated carbocycles. The summed E-state index contributed by atoms with van der Waals surface area (Å²) in [7, 11) is 0. The molecule has 6 heteroatoms. The number of aryl methyl sites for hydroxylation is 1. The van der Waals surface area contributed by atoms with Crippen LogP contribution >= 0.6 is 11.3 Å². The molecule has 122 valence electrons. The summed E-state index contributed by atoms with van der Waals surface area (Å²) >= 11 is 1.43. The number of benzene rings is 1. The van der Waals surface area contributed by atoms with E-state index in [1.165, 1.54) is 16.9 Å². The molecule has 5 nitrogen and oxygen atoms in total. The predicted molar refractivity (Wildman–Crippen MR) is 88.9 cm³/mol. The Labute approximate surface area is 139 Å². The minimum absolute atomic E-state index is 0.141. The number of nitrogens with one attached hydrogen (secondary N) is 1. The van der Waals surface area contributed by atoms with Gasteiger partial charge in [-0.25, -0.2) is 4.98 Å². The molecule has 1 aromatic heterocycles. The third-order valence-electron chi connectivity index (χ3n) is 3.68. The molecule has 1 atom stereocenters. The Morgan fingerprint density at radius 2 is 2.26 bits per heavy atom.